The van der Waals surface area contributed by atoms with Crippen molar-refractivity contribution in [2.45, 2.75) is 71.8 Å². The van der Waals surface area contributed by atoms with Crippen LogP contribution >= 0.6 is 0 Å². The van der Waals surface area contributed by atoms with E-state index in [0.717, 1.165) is 37.5 Å². The fourth-order valence-corrected chi connectivity index (χ4v) is 8.13. The van der Waals surface area contributed by atoms with Crippen LogP contribution in [0.1, 0.15) is 81.6 Å². The van der Waals surface area contributed by atoms with Crippen LogP contribution in [-0.2, 0) is 9.47 Å². The number of carboxylic acid groups (broad SMARTS) is 1. The number of pyridine rings is 1. The van der Waals surface area contributed by atoms with Crippen LogP contribution in [0.3, 0.4) is 0 Å². The number of ether oxygens (including phenoxy) is 2. The quantitative estimate of drug-likeness (QED) is 0.311. The van der Waals surface area contributed by atoms with Gasteiger partial charge in [0.05, 0.1) is 12.2 Å². The van der Waals surface area contributed by atoms with Crippen LogP contribution in [0.5, 0.6) is 0 Å². The fraction of sp³-hybridized carbons (Fsp3) is 0.500. The molecule has 0 aliphatic heterocycles. The first-order chi connectivity index (χ1) is 19.3. The van der Waals surface area contributed by atoms with Gasteiger partial charge in [-0.3, -0.25) is 4.98 Å². The molecule has 0 amide bonds. The summed E-state index contributed by atoms with van der Waals surface area (Å²) >= 11 is 0. The molecular weight excluding hydrogens is 502 g/mol. The smallest absolute Gasteiger partial charge is 0.478 e. The molecule has 0 bridgehead atoms. The van der Waals surface area contributed by atoms with Crippen molar-refractivity contribution in [1.82, 2.24) is 4.98 Å². The third-order valence-electron chi connectivity index (χ3n) is 10.2. The third-order valence-corrected chi connectivity index (χ3v) is 10.2. The fourth-order valence-electron chi connectivity index (χ4n) is 8.13. The number of carbonyl (C=O) groups excluding carboxylic acids is 1. The molecule has 0 saturated heterocycles. The average Bonchev–Trinajstić information content (AvgIpc) is 3.32. The molecule has 6 heteroatoms. The summed E-state index contributed by atoms with van der Waals surface area (Å²) in [5.41, 5.74) is 5.19. The first kappa shape index (κ1) is 28.1. The lowest BCUT2D eigenvalue weighted by Crippen LogP contribution is -2.50. The highest BCUT2D eigenvalue weighted by atomic mass is 16.7. The highest BCUT2D eigenvalue weighted by Crippen LogP contribution is 2.66. The highest BCUT2D eigenvalue weighted by molar-refractivity contribution is 5.87. The van der Waals surface area contributed by atoms with Crippen LogP contribution < -0.4 is 0 Å². The summed E-state index contributed by atoms with van der Waals surface area (Å²) < 4.78 is 10.6. The number of nitrogens with zero attached hydrogens (tertiary/aromatic N) is 1. The van der Waals surface area contributed by atoms with Gasteiger partial charge in [-0.1, -0.05) is 55.8 Å². The van der Waals surface area contributed by atoms with E-state index in [1.165, 1.54) is 36.0 Å². The normalized spacial score (nSPS) is 32.1. The summed E-state index contributed by atoms with van der Waals surface area (Å²) in [4.78, 5) is 26.4. The first-order valence-corrected chi connectivity index (χ1v) is 14.7. The Balaban J connectivity index is 0.000000306. The number of fused-ring (bicyclic) bond motifs is 5. The molecule has 1 aromatic heterocycles. The molecule has 1 heterocycles. The summed E-state index contributed by atoms with van der Waals surface area (Å²) in [6, 6.07) is 12.6. The molecule has 2 aromatic rings. The summed E-state index contributed by atoms with van der Waals surface area (Å²) in [5, 5.41) is 8.38. The van der Waals surface area contributed by atoms with Gasteiger partial charge in [0.2, 0.25) is 0 Å². The lowest BCUT2D eigenvalue weighted by Gasteiger charge is -2.57. The van der Waals surface area contributed by atoms with Crippen molar-refractivity contribution in [2.24, 2.45) is 28.6 Å². The molecule has 6 atom stereocenters. The Kier molecular flexibility index (Phi) is 8.16. The number of aromatic carboxylic acids is 1. The van der Waals surface area contributed by atoms with E-state index in [1.54, 1.807) is 30.3 Å². The van der Waals surface area contributed by atoms with Gasteiger partial charge in [-0.15, -0.1) is 0 Å². The lowest BCUT2D eigenvalue weighted by atomic mass is 9.47. The zero-order chi connectivity index (χ0) is 28.3. The molecule has 2 saturated carbocycles. The van der Waals surface area contributed by atoms with Crippen LogP contribution in [-0.4, -0.2) is 34.9 Å². The van der Waals surface area contributed by atoms with E-state index >= 15 is 0 Å². The second-order valence-electron chi connectivity index (χ2n) is 12.1. The topological polar surface area (TPSA) is 85.7 Å². The van der Waals surface area contributed by atoms with E-state index in [4.69, 9.17) is 14.6 Å². The van der Waals surface area contributed by atoms with Crippen LogP contribution in [0.15, 0.2) is 72.6 Å². The molecule has 6 rings (SSSR count). The van der Waals surface area contributed by atoms with Crippen molar-refractivity contribution in [2.75, 3.05) is 6.61 Å². The molecule has 40 heavy (non-hydrogen) atoms. The molecule has 6 nitrogen and oxygen atoms in total. The Hall–Kier alpha value is -3.41. The summed E-state index contributed by atoms with van der Waals surface area (Å²) in [5.74, 6) is 1.30. The molecular formula is C34H41NO5. The maximum atomic E-state index is 11.8. The predicted molar refractivity (Wildman–Crippen MR) is 155 cm³/mol. The number of carbonyl (C=O) groups is 2. The van der Waals surface area contributed by atoms with Crippen molar-refractivity contribution >= 4 is 17.7 Å². The van der Waals surface area contributed by atoms with E-state index in [1.807, 2.05) is 19.3 Å². The SMILES string of the molecule is CCOC(=O)OC1CC[C@@]2(C)C(=CCC3C2CC[C@]2(C)C(c4cccnc4)=CCC32)C1.O=C(O)c1ccccc1. The van der Waals surface area contributed by atoms with Gasteiger partial charge in [0.15, 0.2) is 0 Å². The third kappa shape index (κ3) is 5.33. The Bertz CT molecular complexity index is 1270. The summed E-state index contributed by atoms with van der Waals surface area (Å²) in [7, 11) is 0. The molecule has 4 unspecified atom stereocenters. The number of benzene rings is 1. The van der Waals surface area contributed by atoms with E-state index in [9.17, 15) is 9.59 Å². The molecule has 4 aliphatic rings. The minimum absolute atomic E-state index is 0.0332. The van der Waals surface area contributed by atoms with Crippen LogP contribution in [0.4, 0.5) is 4.79 Å². The van der Waals surface area contributed by atoms with Crippen molar-refractivity contribution in [1.29, 1.82) is 0 Å². The Morgan fingerprint density at radius 3 is 2.42 bits per heavy atom. The van der Waals surface area contributed by atoms with E-state index < -0.39 is 12.1 Å². The second kappa shape index (κ2) is 11.6. The number of rotatable bonds is 4. The van der Waals surface area contributed by atoms with Gasteiger partial charge in [-0.2, -0.15) is 0 Å². The zero-order valence-electron chi connectivity index (χ0n) is 23.8. The first-order valence-electron chi connectivity index (χ1n) is 14.7. The van der Waals surface area contributed by atoms with E-state index in [0.29, 0.717) is 18.1 Å². The van der Waals surface area contributed by atoms with Gasteiger partial charge >= 0.3 is 12.1 Å². The molecule has 212 valence electrons. The number of carboxylic acids is 1. The maximum absolute atomic E-state index is 11.8. The van der Waals surface area contributed by atoms with Crippen LogP contribution in [0, 0.1) is 28.6 Å². The average molecular weight is 544 g/mol. The van der Waals surface area contributed by atoms with Crippen molar-refractivity contribution < 1.29 is 24.2 Å². The molecule has 1 aromatic carbocycles. The van der Waals surface area contributed by atoms with Crippen molar-refractivity contribution in [3.8, 4) is 0 Å². The van der Waals surface area contributed by atoms with Crippen molar-refractivity contribution in [3.05, 3.63) is 83.7 Å². The molecule has 1 N–H and O–H groups in total. The highest BCUT2D eigenvalue weighted by Gasteiger charge is 2.57. The van der Waals surface area contributed by atoms with Gasteiger partial charge in [0, 0.05) is 18.8 Å². The van der Waals surface area contributed by atoms with Gasteiger partial charge in [-0.05, 0) is 103 Å². The van der Waals surface area contributed by atoms with Gasteiger partial charge in [-0.25, -0.2) is 9.59 Å². The minimum atomic E-state index is -0.879. The maximum Gasteiger partial charge on any atom is 0.508 e. The minimum Gasteiger partial charge on any atom is -0.478 e. The summed E-state index contributed by atoms with van der Waals surface area (Å²) in [6.07, 6.45) is 16.2. The van der Waals surface area contributed by atoms with Gasteiger partial charge < -0.3 is 14.6 Å². The Labute approximate surface area is 237 Å². The largest absolute Gasteiger partial charge is 0.508 e. The number of allylic oxidation sites excluding steroid dienone is 3. The molecule has 0 spiro atoms. The van der Waals surface area contributed by atoms with E-state index in [2.05, 4.69) is 43.1 Å². The molecule has 2 fully saturated rings. The standard InChI is InChI=1S/C27H35NO3.C7H6O2/c1-4-30-25(29)31-20-11-13-26(2)19(16-20)7-8-21-23-10-9-22(18-6-5-15-28-17-18)27(23,3)14-12-24(21)26;8-7(9)6-4-2-1-3-5-6/h5-7,9,15,17,20-21,23-24H,4,8,10-14,16H2,1-3H3;1-5H,(H,8,9)/t20?,21?,23?,24?,26-,27+;/m0./s1. The summed E-state index contributed by atoms with van der Waals surface area (Å²) in [6.45, 7) is 7.18. The van der Waals surface area contributed by atoms with Crippen LogP contribution in [0.25, 0.3) is 5.57 Å². The van der Waals surface area contributed by atoms with E-state index in [-0.39, 0.29) is 16.9 Å². The monoisotopic (exact) mass is 543 g/mol. The van der Waals surface area contributed by atoms with Crippen LogP contribution in [0.2, 0.25) is 0 Å². The van der Waals surface area contributed by atoms with Gasteiger partial charge in [0.25, 0.3) is 0 Å². The number of hydrogen-bond acceptors (Lipinski definition) is 5. The van der Waals surface area contributed by atoms with Crippen molar-refractivity contribution in [3.63, 3.8) is 0 Å². The predicted octanol–water partition coefficient (Wildman–Crippen LogP) is 7.96. The molecule has 4 aliphatic carbocycles. The molecule has 0 radical (unpaired) electrons. The lowest BCUT2D eigenvalue weighted by molar-refractivity contribution is -0.0353. The Morgan fingerprint density at radius 1 is 0.975 bits per heavy atom. The number of hydrogen-bond donors (Lipinski definition) is 1. The second-order valence-corrected chi connectivity index (χ2v) is 12.1. The zero-order valence-corrected chi connectivity index (χ0v) is 23.8. The van der Waals surface area contributed by atoms with Gasteiger partial charge in [0.1, 0.15) is 6.10 Å². The number of aromatic nitrogens is 1. The Morgan fingerprint density at radius 2 is 1.75 bits per heavy atom.